The Hall–Kier alpha value is -0.990. The Bertz CT molecular complexity index is 468. The highest BCUT2D eigenvalue weighted by atomic mass is 35.5. The van der Waals surface area contributed by atoms with Gasteiger partial charge in [0.25, 0.3) is 0 Å². The average molecular weight is 213 g/mol. The molecule has 0 atom stereocenters. The van der Waals surface area contributed by atoms with Gasteiger partial charge in [-0.1, -0.05) is 35.3 Å². The molecule has 2 rings (SSSR count). The van der Waals surface area contributed by atoms with Crippen molar-refractivity contribution in [2.24, 2.45) is 0 Å². The maximum absolute atomic E-state index is 5.95. The van der Waals surface area contributed by atoms with Gasteiger partial charge in [-0.3, -0.25) is 0 Å². The minimum Gasteiger partial charge on any atom is -0.397 e. The van der Waals surface area contributed by atoms with Gasteiger partial charge in [-0.2, -0.15) is 0 Å². The maximum atomic E-state index is 5.95. The molecule has 0 radical (unpaired) electrons. The molecule has 1 aromatic heterocycles. The number of rotatable bonds is 0. The second-order valence-electron chi connectivity index (χ2n) is 2.67. The lowest BCUT2D eigenvalue weighted by Gasteiger charge is -2.02. The van der Waals surface area contributed by atoms with E-state index < -0.39 is 0 Å². The SMILES string of the molecule is Nc1cccc2c(Cl)cc(Cl)nc12. The Morgan fingerprint density at radius 1 is 1.23 bits per heavy atom. The molecule has 66 valence electrons. The molecule has 0 amide bonds. The van der Waals surface area contributed by atoms with E-state index in [4.69, 9.17) is 28.9 Å². The Morgan fingerprint density at radius 2 is 2.00 bits per heavy atom. The molecule has 13 heavy (non-hydrogen) atoms. The van der Waals surface area contributed by atoms with Gasteiger partial charge in [0.05, 0.1) is 16.2 Å². The number of para-hydroxylation sites is 1. The monoisotopic (exact) mass is 212 g/mol. The van der Waals surface area contributed by atoms with Gasteiger partial charge in [-0.05, 0) is 12.1 Å². The van der Waals surface area contributed by atoms with E-state index in [0.717, 1.165) is 5.39 Å². The molecule has 1 aromatic carbocycles. The third kappa shape index (κ3) is 1.43. The summed E-state index contributed by atoms with van der Waals surface area (Å²) in [6.07, 6.45) is 0. The van der Waals surface area contributed by atoms with Gasteiger partial charge in [0.2, 0.25) is 0 Å². The van der Waals surface area contributed by atoms with Crippen molar-refractivity contribution in [2.75, 3.05) is 5.73 Å². The van der Waals surface area contributed by atoms with Gasteiger partial charge in [-0.15, -0.1) is 0 Å². The smallest absolute Gasteiger partial charge is 0.131 e. The van der Waals surface area contributed by atoms with E-state index in [9.17, 15) is 0 Å². The van der Waals surface area contributed by atoms with Gasteiger partial charge < -0.3 is 5.73 Å². The average Bonchev–Trinajstić information content (AvgIpc) is 2.07. The molecule has 0 bridgehead atoms. The predicted molar refractivity (Wildman–Crippen MR) is 56.2 cm³/mol. The Balaban J connectivity index is 2.94. The van der Waals surface area contributed by atoms with Crippen molar-refractivity contribution in [3.05, 3.63) is 34.4 Å². The van der Waals surface area contributed by atoms with E-state index in [1.807, 2.05) is 12.1 Å². The maximum Gasteiger partial charge on any atom is 0.131 e. The van der Waals surface area contributed by atoms with Crippen molar-refractivity contribution in [1.82, 2.24) is 4.98 Å². The number of fused-ring (bicyclic) bond motifs is 1. The summed E-state index contributed by atoms with van der Waals surface area (Å²) in [4.78, 5) is 4.09. The van der Waals surface area contributed by atoms with Crippen LogP contribution in [0.1, 0.15) is 0 Å². The van der Waals surface area contributed by atoms with Crippen LogP contribution >= 0.6 is 23.2 Å². The summed E-state index contributed by atoms with van der Waals surface area (Å²) in [6, 6.07) is 7.06. The van der Waals surface area contributed by atoms with Crippen molar-refractivity contribution in [1.29, 1.82) is 0 Å². The molecule has 0 unspecified atom stereocenters. The molecular formula is C9H6Cl2N2. The minimum atomic E-state index is 0.357. The van der Waals surface area contributed by atoms with Gasteiger partial charge >= 0.3 is 0 Å². The summed E-state index contributed by atoms with van der Waals surface area (Å²) in [6.45, 7) is 0. The van der Waals surface area contributed by atoms with Crippen LogP contribution in [-0.4, -0.2) is 4.98 Å². The lowest BCUT2D eigenvalue weighted by Crippen LogP contribution is -1.89. The standard InChI is InChI=1S/C9H6Cl2N2/c10-6-4-8(11)13-9-5(6)2-1-3-7(9)12/h1-4H,12H2. The van der Waals surface area contributed by atoms with Crippen molar-refractivity contribution in [2.45, 2.75) is 0 Å². The number of nitrogens with two attached hydrogens (primary N) is 1. The fourth-order valence-corrected chi connectivity index (χ4v) is 1.71. The second-order valence-corrected chi connectivity index (χ2v) is 3.46. The van der Waals surface area contributed by atoms with Crippen LogP contribution in [-0.2, 0) is 0 Å². The minimum absolute atomic E-state index is 0.357. The molecule has 0 fully saturated rings. The molecule has 0 aliphatic heterocycles. The van der Waals surface area contributed by atoms with E-state index in [2.05, 4.69) is 4.98 Å². The zero-order valence-electron chi connectivity index (χ0n) is 6.59. The lowest BCUT2D eigenvalue weighted by atomic mass is 10.2. The van der Waals surface area contributed by atoms with Crippen LogP contribution in [0.4, 0.5) is 5.69 Å². The Kier molecular flexibility index (Phi) is 2.02. The summed E-state index contributed by atoms with van der Waals surface area (Å²) in [7, 11) is 0. The number of pyridine rings is 1. The number of nitrogen functional groups attached to an aromatic ring is 1. The van der Waals surface area contributed by atoms with Crippen LogP contribution in [0.5, 0.6) is 0 Å². The zero-order chi connectivity index (χ0) is 9.42. The molecule has 2 nitrogen and oxygen atoms in total. The second kappa shape index (κ2) is 3.05. The molecule has 0 aliphatic rings. The topological polar surface area (TPSA) is 38.9 Å². The van der Waals surface area contributed by atoms with Crippen LogP contribution in [0.25, 0.3) is 10.9 Å². The quantitative estimate of drug-likeness (QED) is 0.539. The summed E-state index contributed by atoms with van der Waals surface area (Å²) in [5.41, 5.74) is 6.95. The normalized spacial score (nSPS) is 10.6. The molecule has 2 aromatic rings. The summed E-state index contributed by atoms with van der Waals surface area (Å²) < 4.78 is 0. The summed E-state index contributed by atoms with van der Waals surface area (Å²) in [5, 5.41) is 1.75. The highest BCUT2D eigenvalue weighted by molar-refractivity contribution is 6.38. The Labute approximate surface area is 85.3 Å². The number of nitrogens with zero attached hydrogens (tertiary/aromatic N) is 1. The molecule has 0 saturated heterocycles. The molecule has 0 saturated carbocycles. The first-order valence-corrected chi connectivity index (χ1v) is 4.44. The Morgan fingerprint density at radius 3 is 2.77 bits per heavy atom. The largest absolute Gasteiger partial charge is 0.397 e. The number of aromatic nitrogens is 1. The first kappa shape index (κ1) is 8.60. The van der Waals surface area contributed by atoms with Gasteiger partial charge in [0.1, 0.15) is 5.15 Å². The van der Waals surface area contributed by atoms with Gasteiger partial charge in [0, 0.05) is 5.39 Å². The molecule has 0 spiro atoms. The number of halogens is 2. The molecule has 4 heteroatoms. The van der Waals surface area contributed by atoms with Crippen LogP contribution in [0, 0.1) is 0 Å². The lowest BCUT2D eigenvalue weighted by molar-refractivity contribution is 1.41. The van der Waals surface area contributed by atoms with E-state index in [-0.39, 0.29) is 0 Å². The first-order chi connectivity index (χ1) is 6.18. The first-order valence-electron chi connectivity index (χ1n) is 3.69. The van der Waals surface area contributed by atoms with E-state index in [1.165, 1.54) is 0 Å². The third-order valence-corrected chi connectivity index (χ3v) is 2.30. The molecule has 0 aliphatic carbocycles. The van der Waals surface area contributed by atoms with E-state index in [1.54, 1.807) is 12.1 Å². The fourth-order valence-electron chi connectivity index (χ4n) is 1.20. The molecular weight excluding hydrogens is 207 g/mol. The fraction of sp³-hybridized carbons (Fsp3) is 0. The van der Waals surface area contributed by atoms with Crippen LogP contribution < -0.4 is 5.73 Å². The van der Waals surface area contributed by atoms with Gasteiger partial charge in [-0.25, -0.2) is 4.98 Å². The molecule has 1 heterocycles. The highest BCUT2D eigenvalue weighted by Crippen LogP contribution is 2.28. The highest BCUT2D eigenvalue weighted by Gasteiger charge is 2.04. The summed E-state index contributed by atoms with van der Waals surface area (Å²) >= 11 is 11.7. The van der Waals surface area contributed by atoms with Crippen molar-refractivity contribution in [3.8, 4) is 0 Å². The van der Waals surface area contributed by atoms with Crippen molar-refractivity contribution < 1.29 is 0 Å². The zero-order valence-corrected chi connectivity index (χ0v) is 8.10. The molecule has 2 N–H and O–H groups in total. The van der Waals surface area contributed by atoms with Crippen LogP contribution in [0.2, 0.25) is 10.2 Å². The number of hydrogen-bond acceptors (Lipinski definition) is 2. The van der Waals surface area contributed by atoms with Crippen LogP contribution in [0.15, 0.2) is 24.3 Å². The van der Waals surface area contributed by atoms with Crippen molar-refractivity contribution in [3.63, 3.8) is 0 Å². The van der Waals surface area contributed by atoms with Crippen molar-refractivity contribution >= 4 is 39.8 Å². The van der Waals surface area contributed by atoms with Crippen LogP contribution in [0.3, 0.4) is 0 Å². The third-order valence-electron chi connectivity index (χ3n) is 1.79. The number of anilines is 1. The predicted octanol–water partition coefficient (Wildman–Crippen LogP) is 3.12. The van der Waals surface area contributed by atoms with E-state index >= 15 is 0 Å². The summed E-state index contributed by atoms with van der Waals surface area (Å²) in [5.74, 6) is 0. The van der Waals surface area contributed by atoms with E-state index in [0.29, 0.717) is 21.4 Å². The van der Waals surface area contributed by atoms with Gasteiger partial charge in [0.15, 0.2) is 0 Å². The number of hydrogen-bond donors (Lipinski definition) is 1. The number of benzene rings is 1.